The number of allylic oxidation sites excluding steroid dienone is 3. The standard InChI is InChI=1S/C21H25NO5/c1-3-6-14-9-10-18(19(11-14)26-2)27-13-15(23)12-22-20(24)16-7-4-5-8-17(16)21(22)25/h3-6,9-11,15-17,23H,7-8,12-13H2,1-2H3/b6-3+. The number of carbonyl (C=O) groups is 2. The highest BCUT2D eigenvalue weighted by Crippen LogP contribution is 2.35. The Hall–Kier alpha value is -2.60. The van der Waals surface area contributed by atoms with Gasteiger partial charge < -0.3 is 14.6 Å². The quantitative estimate of drug-likeness (QED) is 0.588. The first kappa shape index (κ1) is 19.2. The third-order valence-electron chi connectivity index (χ3n) is 4.97. The molecule has 1 aliphatic carbocycles. The molecule has 27 heavy (non-hydrogen) atoms. The molecule has 6 nitrogen and oxygen atoms in total. The SMILES string of the molecule is C/C=C/c1ccc(OCC(O)CN2C(=O)C3CC=CCC3C2=O)c(OC)c1. The minimum absolute atomic E-state index is 0.0377. The Kier molecular flexibility index (Phi) is 5.96. The topological polar surface area (TPSA) is 76.1 Å². The van der Waals surface area contributed by atoms with Gasteiger partial charge in [0, 0.05) is 0 Å². The second kappa shape index (κ2) is 8.39. The molecule has 3 atom stereocenters. The van der Waals surface area contributed by atoms with E-state index in [9.17, 15) is 14.7 Å². The molecule has 0 bridgehead atoms. The van der Waals surface area contributed by atoms with Gasteiger partial charge in [-0.25, -0.2) is 0 Å². The van der Waals surface area contributed by atoms with Crippen LogP contribution in [0.15, 0.2) is 36.4 Å². The highest BCUT2D eigenvalue weighted by Gasteiger charge is 2.47. The summed E-state index contributed by atoms with van der Waals surface area (Å²) in [5.41, 5.74) is 0.978. The van der Waals surface area contributed by atoms with Crippen molar-refractivity contribution in [1.82, 2.24) is 4.90 Å². The third-order valence-corrected chi connectivity index (χ3v) is 4.97. The number of likely N-dealkylation sites (tertiary alicyclic amines) is 1. The average molecular weight is 371 g/mol. The first-order valence-electron chi connectivity index (χ1n) is 9.17. The lowest BCUT2D eigenvalue weighted by molar-refractivity contribution is -0.141. The molecule has 144 valence electrons. The van der Waals surface area contributed by atoms with Crippen molar-refractivity contribution >= 4 is 17.9 Å². The number of amides is 2. The fourth-order valence-electron chi connectivity index (χ4n) is 3.60. The Balaban J connectivity index is 1.59. The van der Waals surface area contributed by atoms with E-state index in [1.807, 2.05) is 43.4 Å². The first-order valence-corrected chi connectivity index (χ1v) is 9.17. The predicted molar refractivity (Wildman–Crippen MR) is 101 cm³/mol. The van der Waals surface area contributed by atoms with Gasteiger partial charge in [0.05, 0.1) is 25.5 Å². The number of rotatable bonds is 7. The minimum Gasteiger partial charge on any atom is -0.493 e. The molecule has 0 saturated carbocycles. The van der Waals surface area contributed by atoms with Crippen molar-refractivity contribution in [2.75, 3.05) is 20.3 Å². The molecule has 1 saturated heterocycles. The van der Waals surface area contributed by atoms with E-state index in [0.29, 0.717) is 24.3 Å². The molecule has 3 unspecified atom stereocenters. The number of ether oxygens (including phenoxy) is 2. The summed E-state index contributed by atoms with van der Waals surface area (Å²) >= 11 is 0. The lowest BCUT2D eigenvalue weighted by atomic mass is 9.85. The molecule has 1 aliphatic heterocycles. The molecule has 1 heterocycles. The lowest BCUT2D eigenvalue weighted by Crippen LogP contribution is -2.40. The van der Waals surface area contributed by atoms with Crippen LogP contribution in [0.2, 0.25) is 0 Å². The maximum Gasteiger partial charge on any atom is 0.233 e. The summed E-state index contributed by atoms with van der Waals surface area (Å²) in [5, 5.41) is 10.3. The van der Waals surface area contributed by atoms with Crippen molar-refractivity contribution in [2.45, 2.75) is 25.9 Å². The van der Waals surface area contributed by atoms with E-state index in [1.165, 1.54) is 4.90 Å². The molecule has 3 rings (SSSR count). The van der Waals surface area contributed by atoms with Gasteiger partial charge in [-0.15, -0.1) is 0 Å². The summed E-state index contributed by atoms with van der Waals surface area (Å²) in [4.78, 5) is 26.1. The zero-order valence-electron chi connectivity index (χ0n) is 15.6. The van der Waals surface area contributed by atoms with Gasteiger partial charge in [-0.3, -0.25) is 14.5 Å². The van der Waals surface area contributed by atoms with Gasteiger partial charge in [-0.2, -0.15) is 0 Å². The molecule has 1 aromatic rings. The van der Waals surface area contributed by atoms with Crippen molar-refractivity contribution in [3.63, 3.8) is 0 Å². The maximum atomic E-state index is 12.5. The highest BCUT2D eigenvalue weighted by atomic mass is 16.5. The number of hydrogen-bond donors (Lipinski definition) is 1. The molecule has 0 radical (unpaired) electrons. The van der Waals surface area contributed by atoms with Crippen LogP contribution in [0.1, 0.15) is 25.3 Å². The summed E-state index contributed by atoms with van der Waals surface area (Å²) < 4.78 is 11.0. The zero-order valence-corrected chi connectivity index (χ0v) is 15.6. The Labute approximate surface area is 159 Å². The van der Waals surface area contributed by atoms with Crippen molar-refractivity contribution in [3.05, 3.63) is 42.0 Å². The lowest BCUT2D eigenvalue weighted by Gasteiger charge is -2.20. The smallest absolute Gasteiger partial charge is 0.233 e. The molecule has 2 amide bonds. The fraction of sp³-hybridized carbons (Fsp3) is 0.429. The van der Waals surface area contributed by atoms with Crippen molar-refractivity contribution in [2.24, 2.45) is 11.8 Å². The average Bonchev–Trinajstić information content (AvgIpc) is 2.92. The molecule has 1 N–H and O–H groups in total. The predicted octanol–water partition coefficient (Wildman–Crippen LogP) is 2.42. The minimum atomic E-state index is -0.967. The molecule has 6 heteroatoms. The summed E-state index contributed by atoms with van der Waals surface area (Å²) in [6.45, 7) is 1.84. The molecule has 0 aromatic heterocycles. The largest absolute Gasteiger partial charge is 0.493 e. The number of hydrogen-bond acceptors (Lipinski definition) is 5. The Morgan fingerprint density at radius 2 is 1.85 bits per heavy atom. The number of aliphatic hydroxyl groups is 1. The molecule has 1 fully saturated rings. The normalized spacial score (nSPS) is 23.0. The van der Waals surface area contributed by atoms with E-state index < -0.39 is 6.10 Å². The van der Waals surface area contributed by atoms with Crippen LogP contribution in [0.5, 0.6) is 11.5 Å². The van der Waals surface area contributed by atoms with Crippen LogP contribution in [-0.4, -0.2) is 48.2 Å². The van der Waals surface area contributed by atoms with Gasteiger partial charge in [-0.05, 0) is 37.5 Å². The molecular weight excluding hydrogens is 346 g/mol. The van der Waals surface area contributed by atoms with E-state index in [4.69, 9.17) is 9.47 Å². The molecule has 2 aliphatic rings. The molecular formula is C21H25NO5. The Morgan fingerprint density at radius 1 is 1.19 bits per heavy atom. The Bertz CT molecular complexity index is 744. The van der Waals surface area contributed by atoms with E-state index in [1.54, 1.807) is 13.2 Å². The van der Waals surface area contributed by atoms with Crippen LogP contribution >= 0.6 is 0 Å². The van der Waals surface area contributed by atoms with Gasteiger partial charge in [-0.1, -0.05) is 30.4 Å². The van der Waals surface area contributed by atoms with Crippen molar-refractivity contribution in [3.8, 4) is 11.5 Å². The number of fused-ring (bicyclic) bond motifs is 1. The van der Waals surface area contributed by atoms with Crippen LogP contribution in [0.3, 0.4) is 0 Å². The number of benzene rings is 1. The van der Waals surface area contributed by atoms with E-state index in [-0.39, 0.29) is 36.8 Å². The van der Waals surface area contributed by atoms with Gasteiger partial charge in [0.25, 0.3) is 0 Å². The third kappa shape index (κ3) is 4.06. The van der Waals surface area contributed by atoms with E-state index >= 15 is 0 Å². The maximum absolute atomic E-state index is 12.5. The molecule has 1 aromatic carbocycles. The van der Waals surface area contributed by atoms with Crippen molar-refractivity contribution in [1.29, 1.82) is 0 Å². The van der Waals surface area contributed by atoms with Gasteiger partial charge in [0.2, 0.25) is 11.8 Å². The molecule has 0 spiro atoms. The number of carbonyl (C=O) groups excluding carboxylic acids is 2. The Morgan fingerprint density at radius 3 is 2.44 bits per heavy atom. The fourth-order valence-corrected chi connectivity index (χ4v) is 3.60. The van der Waals surface area contributed by atoms with Crippen LogP contribution in [-0.2, 0) is 9.59 Å². The monoisotopic (exact) mass is 371 g/mol. The van der Waals surface area contributed by atoms with E-state index in [0.717, 1.165) is 5.56 Å². The first-order chi connectivity index (χ1) is 13.0. The number of imide groups is 1. The number of nitrogens with zero attached hydrogens (tertiary/aromatic N) is 1. The van der Waals surface area contributed by atoms with Gasteiger partial charge in [0.1, 0.15) is 12.7 Å². The van der Waals surface area contributed by atoms with E-state index in [2.05, 4.69) is 0 Å². The second-order valence-electron chi connectivity index (χ2n) is 6.82. The summed E-state index contributed by atoms with van der Waals surface area (Å²) in [6, 6.07) is 5.50. The summed E-state index contributed by atoms with van der Waals surface area (Å²) in [7, 11) is 1.55. The van der Waals surface area contributed by atoms with Crippen LogP contribution in [0, 0.1) is 11.8 Å². The van der Waals surface area contributed by atoms with Crippen LogP contribution < -0.4 is 9.47 Å². The van der Waals surface area contributed by atoms with Gasteiger partial charge in [0.15, 0.2) is 11.5 Å². The number of β-amino-alcohol motifs (C(OH)–C–C–N with tert-alkyl or cyclic N) is 1. The number of aliphatic hydroxyl groups excluding tert-OH is 1. The number of methoxy groups -OCH3 is 1. The second-order valence-corrected chi connectivity index (χ2v) is 6.82. The van der Waals surface area contributed by atoms with Gasteiger partial charge >= 0.3 is 0 Å². The zero-order chi connectivity index (χ0) is 19.4. The highest BCUT2D eigenvalue weighted by molar-refractivity contribution is 6.05. The summed E-state index contributed by atoms with van der Waals surface area (Å²) in [6.07, 6.45) is 7.97. The van der Waals surface area contributed by atoms with Crippen molar-refractivity contribution < 1.29 is 24.2 Å². The van der Waals surface area contributed by atoms with Crippen LogP contribution in [0.25, 0.3) is 6.08 Å². The summed E-state index contributed by atoms with van der Waals surface area (Å²) in [5.74, 6) is 0.109. The van der Waals surface area contributed by atoms with Crippen LogP contribution in [0.4, 0.5) is 0 Å².